The van der Waals surface area contributed by atoms with Gasteiger partial charge in [-0.2, -0.15) is 5.21 Å². The van der Waals surface area contributed by atoms with Crippen LogP contribution in [0.4, 0.5) is 0 Å². The van der Waals surface area contributed by atoms with E-state index in [-0.39, 0.29) is 5.91 Å². The van der Waals surface area contributed by atoms with Crippen molar-refractivity contribution in [3.8, 4) is 0 Å². The highest BCUT2D eigenvalue weighted by Gasteiger charge is 2.03. The van der Waals surface area contributed by atoms with Crippen LogP contribution >= 0.6 is 0 Å². The number of tetrazole rings is 1. The molecule has 2 N–H and O–H groups in total. The van der Waals surface area contributed by atoms with Crippen molar-refractivity contribution in [3.63, 3.8) is 0 Å². The van der Waals surface area contributed by atoms with Gasteiger partial charge in [-0.25, -0.2) is 0 Å². The minimum absolute atomic E-state index is 0.0463. The second kappa shape index (κ2) is 6.63. The van der Waals surface area contributed by atoms with Crippen LogP contribution in [0.5, 0.6) is 0 Å². The highest BCUT2D eigenvalue weighted by molar-refractivity contribution is 5.76. The molecular weight excluding hydrogens is 242 g/mol. The number of aromatic nitrogens is 4. The van der Waals surface area contributed by atoms with E-state index in [1.54, 1.807) is 0 Å². The van der Waals surface area contributed by atoms with E-state index in [9.17, 15) is 4.79 Å². The molecule has 0 aliphatic heterocycles. The summed E-state index contributed by atoms with van der Waals surface area (Å²) < 4.78 is 0. The van der Waals surface area contributed by atoms with Gasteiger partial charge in [-0.15, -0.1) is 10.2 Å². The largest absolute Gasteiger partial charge is 0.356 e. The number of aromatic amines is 1. The third-order valence-electron chi connectivity index (χ3n) is 2.78. The molecule has 0 aliphatic rings. The molecule has 1 aromatic heterocycles. The van der Waals surface area contributed by atoms with Crippen molar-refractivity contribution in [2.24, 2.45) is 0 Å². The number of carbonyl (C=O) groups is 1. The summed E-state index contributed by atoms with van der Waals surface area (Å²) in [4.78, 5) is 11.7. The lowest BCUT2D eigenvalue weighted by Crippen LogP contribution is -2.26. The van der Waals surface area contributed by atoms with Crippen molar-refractivity contribution in [2.45, 2.75) is 26.2 Å². The van der Waals surface area contributed by atoms with Gasteiger partial charge < -0.3 is 5.32 Å². The van der Waals surface area contributed by atoms with Crippen LogP contribution in [0.15, 0.2) is 24.3 Å². The van der Waals surface area contributed by atoms with Crippen molar-refractivity contribution >= 4 is 5.91 Å². The van der Waals surface area contributed by atoms with Gasteiger partial charge in [0.15, 0.2) is 5.82 Å². The van der Waals surface area contributed by atoms with Crippen LogP contribution in [0.25, 0.3) is 0 Å². The third-order valence-corrected chi connectivity index (χ3v) is 2.78. The van der Waals surface area contributed by atoms with Crippen LogP contribution in [0.3, 0.4) is 0 Å². The number of amides is 1. The first kappa shape index (κ1) is 13.2. The van der Waals surface area contributed by atoms with E-state index in [0.29, 0.717) is 25.2 Å². The summed E-state index contributed by atoms with van der Waals surface area (Å²) in [6, 6.07) is 8.21. The van der Waals surface area contributed by atoms with Gasteiger partial charge in [0, 0.05) is 19.4 Å². The Hall–Kier alpha value is -2.24. The van der Waals surface area contributed by atoms with E-state index < -0.39 is 0 Å². The zero-order valence-electron chi connectivity index (χ0n) is 10.9. The Morgan fingerprint density at radius 1 is 1.37 bits per heavy atom. The lowest BCUT2D eigenvalue weighted by molar-refractivity contribution is -0.121. The molecule has 2 aromatic rings. The van der Waals surface area contributed by atoms with E-state index in [2.05, 4.69) is 45.0 Å². The smallest absolute Gasteiger partial charge is 0.220 e. The molecule has 19 heavy (non-hydrogen) atoms. The third kappa shape index (κ3) is 4.50. The molecule has 100 valence electrons. The Balaban J connectivity index is 1.67. The molecule has 0 saturated heterocycles. The zero-order valence-corrected chi connectivity index (χ0v) is 10.9. The zero-order chi connectivity index (χ0) is 13.5. The predicted octanol–water partition coefficient (Wildman–Crippen LogP) is 0.800. The number of hydrogen-bond donors (Lipinski definition) is 2. The number of hydrogen-bond acceptors (Lipinski definition) is 4. The summed E-state index contributed by atoms with van der Waals surface area (Å²) in [6.07, 6.45) is 1.85. The van der Waals surface area contributed by atoms with Crippen molar-refractivity contribution in [1.29, 1.82) is 0 Å². The highest BCUT2D eigenvalue weighted by atomic mass is 16.1. The number of nitrogens with zero attached hydrogens (tertiary/aromatic N) is 3. The molecule has 0 atom stereocenters. The van der Waals surface area contributed by atoms with Crippen molar-refractivity contribution in [2.75, 3.05) is 6.54 Å². The van der Waals surface area contributed by atoms with Gasteiger partial charge in [0.25, 0.3) is 0 Å². The molecule has 1 amide bonds. The SMILES string of the molecule is Cc1cccc(CCC(=O)NCCc2nn[nH]n2)c1. The van der Waals surface area contributed by atoms with Gasteiger partial charge >= 0.3 is 0 Å². The molecule has 1 heterocycles. The first-order valence-electron chi connectivity index (χ1n) is 6.28. The minimum atomic E-state index is 0.0463. The number of benzene rings is 1. The van der Waals surface area contributed by atoms with Gasteiger partial charge in [-0.3, -0.25) is 4.79 Å². The lowest BCUT2D eigenvalue weighted by atomic mass is 10.1. The summed E-state index contributed by atoms with van der Waals surface area (Å²) in [5, 5.41) is 16.3. The monoisotopic (exact) mass is 259 g/mol. The quantitative estimate of drug-likeness (QED) is 0.803. The molecule has 0 radical (unpaired) electrons. The fraction of sp³-hybridized carbons (Fsp3) is 0.385. The van der Waals surface area contributed by atoms with Crippen LogP contribution in [0, 0.1) is 6.92 Å². The molecule has 0 fully saturated rings. The predicted molar refractivity (Wildman–Crippen MR) is 70.4 cm³/mol. The number of H-pyrrole nitrogens is 1. The van der Waals surface area contributed by atoms with E-state index in [4.69, 9.17) is 0 Å². The fourth-order valence-electron chi connectivity index (χ4n) is 1.82. The maximum atomic E-state index is 11.7. The van der Waals surface area contributed by atoms with Gasteiger partial charge in [0.05, 0.1) is 0 Å². The summed E-state index contributed by atoms with van der Waals surface area (Å²) in [5.41, 5.74) is 2.41. The van der Waals surface area contributed by atoms with Crippen LogP contribution in [-0.4, -0.2) is 33.1 Å². The van der Waals surface area contributed by atoms with Crippen LogP contribution in [0.1, 0.15) is 23.4 Å². The molecular formula is C13H17N5O. The Bertz CT molecular complexity index is 524. The van der Waals surface area contributed by atoms with Crippen LogP contribution in [-0.2, 0) is 17.6 Å². The molecule has 0 aliphatic carbocycles. The van der Waals surface area contributed by atoms with Gasteiger partial charge in [0.1, 0.15) is 0 Å². The molecule has 6 heteroatoms. The van der Waals surface area contributed by atoms with E-state index in [0.717, 1.165) is 6.42 Å². The molecule has 0 unspecified atom stereocenters. The molecule has 6 nitrogen and oxygen atoms in total. The number of carbonyl (C=O) groups excluding carboxylic acids is 1. The van der Waals surface area contributed by atoms with E-state index in [1.807, 2.05) is 12.1 Å². The molecule has 0 bridgehead atoms. The average Bonchev–Trinajstić information content (AvgIpc) is 2.90. The average molecular weight is 259 g/mol. The first-order chi connectivity index (χ1) is 9.24. The normalized spacial score (nSPS) is 10.4. The van der Waals surface area contributed by atoms with Crippen molar-refractivity contribution < 1.29 is 4.79 Å². The number of aryl methyl sites for hydroxylation is 2. The topological polar surface area (TPSA) is 83.6 Å². The van der Waals surface area contributed by atoms with E-state index >= 15 is 0 Å². The fourth-order valence-corrected chi connectivity index (χ4v) is 1.82. The minimum Gasteiger partial charge on any atom is -0.356 e. The summed E-state index contributed by atoms with van der Waals surface area (Å²) >= 11 is 0. The van der Waals surface area contributed by atoms with Crippen LogP contribution < -0.4 is 5.32 Å². The van der Waals surface area contributed by atoms with E-state index in [1.165, 1.54) is 11.1 Å². The van der Waals surface area contributed by atoms with Crippen molar-refractivity contribution in [3.05, 3.63) is 41.2 Å². The van der Waals surface area contributed by atoms with Crippen molar-refractivity contribution in [1.82, 2.24) is 25.9 Å². The Labute approximate surface area is 111 Å². The summed E-state index contributed by atoms with van der Waals surface area (Å²) in [5.74, 6) is 0.656. The molecule has 0 spiro atoms. The standard InChI is InChI=1S/C13H17N5O/c1-10-3-2-4-11(9-10)5-6-13(19)14-8-7-12-15-17-18-16-12/h2-4,9H,5-8H2,1H3,(H,14,19)(H,15,16,17,18). The maximum Gasteiger partial charge on any atom is 0.220 e. The van der Waals surface area contributed by atoms with Gasteiger partial charge in [-0.1, -0.05) is 35.0 Å². The second-order valence-corrected chi connectivity index (χ2v) is 4.42. The summed E-state index contributed by atoms with van der Waals surface area (Å²) in [7, 11) is 0. The van der Waals surface area contributed by atoms with Gasteiger partial charge in [0.2, 0.25) is 5.91 Å². The molecule has 2 rings (SSSR count). The summed E-state index contributed by atoms with van der Waals surface area (Å²) in [6.45, 7) is 2.58. The Morgan fingerprint density at radius 2 is 2.26 bits per heavy atom. The first-order valence-corrected chi connectivity index (χ1v) is 6.28. The molecule has 0 saturated carbocycles. The van der Waals surface area contributed by atoms with Gasteiger partial charge in [-0.05, 0) is 18.9 Å². The maximum absolute atomic E-state index is 11.7. The number of rotatable bonds is 6. The lowest BCUT2D eigenvalue weighted by Gasteiger charge is -2.04. The number of nitrogens with one attached hydrogen (secondary N) is 2. The Morgan fingerprint density at radius 3 is 3.00 bits per heavy atom. The second-order valence-electron chi connectivity index (χ2n) is 4.42. The Kier molecular flexibility index (Phi) is 4.60. The van der Waals surface area contributed by atoms with Crippen LogP contribution in [0.2, 0.25) is 0 Å². The molecule has 1 aromatic carbocycles. The highest BCUT2D eigenvalue weighted by Crippen LogP contribution is 2.06.